The highest BCUT2D eigenvalue weighted by Gasteiger charge is 2.26. The van der Waals surface area contributed by atoms with Crippen molar-refractivity contribution in [1.82, 2.24) is 9.13 Å². The second-order valence-corrected chi connectivity index (χ2v) is 14.7. The van der Waals surface area contributed by atoms with Crippen LogP contribution < -0.4 is 9.47 Å². The van der Waals surface area contributed by atoms with Gasteiger partial charge in [-0.15, -0.1) is 0 Å². The van der Waals surface area contributed by atoms with E-state index in [1.807, 2.05) is 0 Å². The monoisotopic (exact) mass is 708 g/mol. The van der Waals surface area contributed by atoms with Gasteiger partial charge in [-0.2, -0.15) is 0 Å². The summed E-state index contributed by atoms with van der Waals surface area (Å²) >= 11 is 0. The molecule has 0 saturated carbocycles. The van der Waals surface area contributed by atoms with Crippen LogP contribution >= 0.6 is 0 Å². The number of nitrogens with zero attached hydrogens (tertiary/aromatic N) is 2. The Labute approximate surface area is 319 Å². The van der Waals surface area contributed by atoms with E-state index in [0.717, 1.165) is 44.1 Å². The molecule has 0 atom stereocenters. The fraction of sp³-hybridized carbons (Fsp3) is 0.0588. The average Bonchev–Trinajstić information content (AvgIpc) is 3.73. The fourth-order valence-corrected chi connectivity index (χ4v) is 8.51. The predicted molar refractivity (Wildman–Crippen MR) is 227 cm³/mol. The van der Waals surface area contributed by atoms with Crippen LogP contribution in [0.5, 0.6) is 23.0 Å². The van der Waals surface area contributed by atoms with Gasteiger partial charge in [-0.3, -0.25) is 0 Å². The van der Waals surface area contributed by atoms with Gasteiger partial charge in [0.15, 0.2) is 23.0 Å². The quantitative estimate of drug-likeness (QED) is 0.178. The molecule has 55 heavy (non-hydrogen) atoms. The fourth-order valence-electron chi connectivity index (χ4n) is 8.51. The summed E-state index contributed by atoms with van der Waals surface area (Å²) in [6, 6.07) is 62.6. The van der Waals surface area contributed by atoms with E-state index in [0.29, 0.717) is 28.9 Å². The van der Waals surface area contributed by atoms with Crippen LogP contribution in [0.25, 0.3) is 77.2 Å². The molecule has 0 fully saturated rings. The maximum Gasteiger partial charge on any atom is 0.172 e. The second-order valence-electron chi connectivity index (χ2n) is 14.7. The van der Waals surface area contributed by atoms with Crippen molar-refractivity contribution in [2.45, 2.75) is 19.8 Å². The Morgan fingerprint density at radius 2 is 0.818 bits per heavy atom. The molecule has 4 heteroatoms. The highest BCUT2D eigenvalue weighted by Crippen LogP contribution is 2.51. The van der Waals surface area contributed by atoms with Gasteiger partial charge in [0.2, 0.25) is 0 Å². The molecule has 4 nitrogen and oxygen atoms in total. The number of fused-ring (bicyclic) bond motifs is 8. The van der Waals surface area contributed by atoms with E-state index in [-0.39, 0.29) is 0 Å². The first-order valence-electron chi connectivity index (χ1n) is 18.9. The number of hydrogen-bond donors (Lipinski definition) is 0. The van der Waals surface area contributed by atoms with E-state index in [1.165, 1.54) is 38.7 Å². The van der Waals surface area contributed by atoms with E-state index >= 15 is 0 Å². The first kappa shape index (κ1) is 31.5. The van der Waals surface area contributed by atoms with Crippen molar-refractivity contribution in [3.8, 4) is 56.6 Å². The zero-order valence-electron chi connectivity index (χ0n) is 30.5. The summed E-state index contributed by atoms with van der Waals surface area (Å²) in [6.07, 6.45) is 0. The number of hydrogen-bond acceptors (Lipinski definition) is 2. The number of benzene rings is 8. The van der Waals surface area contributed by atoms with E-state index in [9.17, 15) is 0 Å². The molecule has 0 radical (unpaired) electrons. The lowest BCUT2D eigenvalue weighted by molar-refractivity contribution is 0.361. The number of aromatic nitrogens is 2. The third kappa shape index (κ3) is 4.99. The Balaban J connectivity index is 1.06. The molecular weight excluding hydrogens is 673 g/mol. The van der Waals surface area contributed by atoms with Crippen molar-refractivity contribution < 1.29 is 9.47 Å². The first-order chi connectivity index (χ1) is 27.1. The molecule has 2 aromatic heterocycles. The molecule has 0 amide bonds. The highest BCUT2D eigenvalue weighted by molar-refractivity contribution is 6.12. The van der Waals surface area contributed by atoms with Crippen LogP contribution in [0, 0.1) is 0 Å². The van der Waals surface area contributed by atoms with Gasteiger partial charge in [0, 0.05) is 45.1 Å². The van der Waals surface area contributed by atoms with Gasteiger partial charge in [0.1, 0.15) is 0 Å². The van der Waals surface area contributed by atoms with Crippen molar-refractivity contribution in [3.63, 3.8) is 0 Å². The van der Waals surface area contributed by atoms with Crippen LogP contribution in [-0.2, 0) is 0 Å². The largest absolute Gasteiger partial charge is 0.449 e. The third-order valence-electron chi connectivity index (χ3n) is 11.1. The van der Waals surface area contributed by atoms with E-state index < -0.39 is 0 Å². The molecule has 0 spiro atoms. The average molecular weight is 709 g/mol. The van der Waals surface area contributed by atoms with Crippen LogP contribution in [0.3, 0.4) is 0 Å². The Hall–Kier alpha value is -7.04. The van der Waals surface area contributed by atoms with E-state index in [4.69, 9.17) is 9.47 Å². The lowest BCUT2D eigenvalue weighted by Crippen LogP contribution is -2.01. The predicted octanol–water partition coefficient (Wildman–Crippen LogP) is 14.2. The zero-order valence-corrected chi connectivity index (χ0v) is 30.5. The Bertz CT molecular complexity index is 3080. The van der Waals surface area contributed by atoms with Gasteiger partial charge in [-0.25, -0.2) is 0 Å². The minimum atomic E-state index is 0.337. The number of para-hydroxylation sites is 2. The standard InChI is InChI=1S/C51H36N2O2/c1-32(2)39-17-11-18-41-43-29-48-50(31-46(43)53(51(39)41)38-26-22-36(23-27-38)34-14-7-4-8-15-34)54-47-28-42-40-16-9-10-19-44(40)52(45(42)30-49(47)55-48)37-24-20-35(21-25-37)33-12-5-3-6-13-33/h3-32H,1-2H3. The molecule has 262 valence electrons. The molecule has 1 aliphatic rings. The first-order valence-corrected chi connectivity index (χ1v) is 18.9. The SMILES string of the molecule is CC(C)c1cccc2c3cc4c(cc3n(-c3ccc(-c5ccccc5)cc3)c12)Oc1cc2c3ccccc3n(-c3ccc(-c5ccccc5)cc3)c2cc1O4. The molecule has 0 saturated heterocycles. The summed E-state index contributed by atoms with van der Waals surface area (Å²) in [5.74, 6) is 3.16. The summed E-state index contributed by atoms with van der Waals surface area (Å²) in [6.45, 7) is 4.53. The molecule has 10 aromatic rings. The van der Waals surface area contributed by atoms with Crippen LogP contribution in [0.1, 0.15) is 25.3 Å². The summed E-state index contributed by atoms with van der Waals surface area (Å²) in [5, 5.41) is 4.60. The van der Waals surface area contributed by atoms with Crippen molar-refractivity contribution >= 4 is 43.6 Å². The molecule has 3 heterocycles. The van der Waals surface area contributed by atoms with Gasteiger partial charge >= 0.3 is 0 Å². The van der Waals surface area contributed by atoms with Crippen LogP contribution in [0.2, 0.25) is 0 Å². The van der Waals surface area contributed by atoms with Crippen LogP contribution in [0.15, 0.2) is 176 Å². The summed E-state index contributed by atoms with van der Waals surface area (Å²) in [5.41, 5.74) is 12.8. The molecule has 0 unspecified atom stereocenters. The summed E-state index contributed by atoms with van der Waals surface area (Å²) < 4.78 is 18.4. The van der Waals surface area contributed by atoms with Gasteiger partial charge in [0.05, 0.1) is 22.1 Å². The third-order valence-corrected chi connectivity index (χ3v) is 11.1. The maximum absolute atomic E-state index is 6.82. The summed E-state index contributed by atoms with van der Waals surface area (Å²) in [7, 11) is 0. The molecule has 0 aliphatic carbocycles. The van der Waals surface area contributed by atoms with E-state index in [1.54, 1.807) is 0 Å². The van der Waals surface area contributed by atoms with Gasteiger partial charge in [-0.1, -0.05) is 135 Å². The lowest BCUT2D eigenvalue weighted by atomic mass is 9.99. The Morgan fingerprint density at radius 1 is 0.364 bits per heavy atom. The number of ether oxygens (including phenoxy) is 2. The van der Waals surface area contributed by atoms with Crippen molar-refractivity contribution in [1.29, 1.82) is 0 Å². The molecule has 0 bridgehead atoms. The molecule has 11 rings (SSSR count). The topological polar surface area (TPSA) is 28.3 Å². The van der Waals surface area contributed by atoms with Crippen molar-refractivity contribution in [2.24, 2.45) is 0 Å². The highest BCUT2D eigenvalue weighted by atomic mass is 16.6. The normalized spacial score (nSPS) is 12.3. The minimum Gasteiger partial charge on any atom is -0.449 e. The van der Waals surface area contributed by atoms with Gasteiger partial charge in [0.25, 0.3) is 0 Å². The molecule has 8 aromatic carbocycles. The molecular formula is C51H36N2O2. The van der Waals surface area contributed by atoms with Crippen molar-refractivity contribution in [3.05, 3.63) is 181 Å². The molecule has 1 aliphatic heterocycles. The van der Waals surface area contributed by atoms with Crippen molar-refractivity contribution in [2.75, 3.05) is 0 Å². The Kier molecular flexibility index (Phi) is 7.02. The summed E-state index contributed by atoms with van der Waals surface area (Å²) in [4.78, 5) is 0. The second kappa shape index (κ2) is 12.3. The molecule has 0 N–H and O–H groups in total. The van der Waals surface area contributed by atoms with Gasteiger partial charge in [-0.05, 0) is 76.2 Å². The smallest absolute Gasteiger partial charge is 0.172 e. The maximum atomic E-state index is 6.82. The van der Waals surface area contributed by atoms with Crippen LogP contribution in [-0.4, -0.2) is 9.13 Å². The lowest BCUT2D eigenvalue weighted by Gasteiger charge is -2.22. The van der Waals surface area contributed by atoms with Gasteiger partial charge < -0.3 is 18.6 Å². The van der Waals surface area contributed by atoms with Crippen LogP contribution in [0.4, 0.5) is 0 Å². The van der Waals surface area contributed by atoms with E-state index in [2.05, 4.69) is 199 Å². The Morgan fingerprint density at radius 3 is 1.40 bits per heavy atom. The minimum absolute atomic E-state index is 0.337. The zero-order chi connectivity index (χ0) is 36.6. The number of rotatable bonds is 5.